The van der Waals surface area contributed by atoms with Crippen molar-refractivity contribution in [3.05, 3.63) is 11.6 Å². The monoisotopic (exact) mass is 739 g/mol. The van der Waals surface area contributed by atoms with Gasteiger partial charge in [-0.15, -0.1) is 0 Å². The number of ether oxygens (including phenoxy) is 5. The number of hydrogen-bond acceptors (Lipinski definition) is 10. The van der Waals surface area contributed by atoms with Crippen LogP contribution in [0.15, 0.2) is 11.6 Å². The van der Waals surface area contributed by atoms with E-state index < -0.39 is 64.1 Å². The Bertz CT molecular complexity index is 1270. The van der Waals surface area contributed by atoms with Gasteiger partial charge in [-0.05, 0) is 118 Å². The SMILES string of the molecule is CC[C@H]1OC(=O)[C@H](C)[C@@H](O[Si](C)(C)C)[C@H](C)[C@@H](O[C@@H]2O[C@H](C)C[C@H](N(C)C)[C@H]2O[Si](C)(C)C)[C@@]2(C)CC(C)C3(OC1(C)C=C3CCC(=N)N)O2. The maximum atomic E-state index is 14.2. The van der Waals surface area contributed by atoms with Crippen LogP contribution in [-0.2, 0) is 37.3 Å². The second-order valence-corrected chi connectivity index (χ2v) is 27.1. The number of hydrogen-bond donors (Lipinski definition) is 2. The van der Waals surface area contributed by atoms with Crippen LogP contribution in [0.4, 0.5) is 0 Å². The van der Waals surface area contributed by atoms with Crippen molar-refractivity contribution >= 4 is 28.4 Å². The number of rotatable bonds is 11. The van der Waals surface area contributed by atoms with Crippen molar-refractivity contribution in [2.24, 2.45) is 23.5 Å². The zero-order chi connectivity index (χ0) is 37.8. The molecule has 3 bridgehead atoms. The first kappa shape index (κ1) is 41.6. The topological polar surface area (TPSA) is 135 Å². The van der Waals surface area contributed by atoms with E-state index in [1.165, 1.54) is 0 Å². The Morgan fingerprint density at radius 3 is 2.16 bits per heavy atom. The summed E-state index contributed by atoms with van der Waals surface area (Å²) in [6.45, 7) is 27.4. The minimum atomic E-state index is -2.19. The summed E-state index contributed by atoms with van der Waals surface area (Å²) >= 11 is 0. The molecule has 4 rings (SSSR count). The van der Waals surface area contributed by atoms with E-state index in [0.29, 0.717) is 25.7 Å². The molecule has 1 spiro atoms. The van der Waals surface area contributed by atoms with E-state index in [0.717, 1.165) is 12.0 Å². The summed E-state index contributed by atoms with van der Waals surface area (Å²) in [4.78, 5) is 16.4. The third kappa shape index (κ3) is 8.78. The highest BCUT2D eigenvalue weighted by Crippen LogP contribution is 2.57. The van der Waals surface area contributed by atoms with Crippen LogP contribution < -0.4 is 5.73 Å². The molecular formula is C37H69N3O8Si2. The van der Waals surface area contributed by atoms with Crippen LogP contribution >= 0.6 is 0 Å². The zero-order valence-corrected chi connectivity index (χ0v) is 35.7. The second kappa shape index (κ2) is 14.9. The third-order valence-corrected chi connectivity index (χ3v) is 12.9. The summed E-state index contributed by atoms with van der Waals surface area (Å²) in [5.41, 5.74) is 4.98. The van der Waals surface area contributed by atoms with Crippen molar-refractivity contribution in [1.82, 2.24) is 4.90 Å². The Morgan fingerprint density at radius 1 is 1.02 bits per heavy atom. The van der Waals surface area contributed by atoms with Crippen molar-refractivity contribution in [3.63, 3.8) is 0 Å². The fourth-order valence-electron chi connectivity index (χ4n) is 8.83. The van der Waals surface area contributed by atoms with Gasteiger partial charge in [0.1, 0.15) is 17.8 Å². The molecule has 3 fully saturated rings. The summed E-state index contributed by atoms with van der Waals surface area (Å²) in [7, 11) is -0.0622. The highest BCUT2D eigenvalue weighted by molar-refractivity contribution is 6.70. The van der Waals surface area contributed by atoms with Gasteiger partial charge in [0.25, 0.3) is 0 Å². The average Bonchev–Trinajstić information content (AvgIpc) is 3.41. The summed E-state index contributed by atoms with van der Waals surface area (Å²) in [5.74, 6) is -2.35. The predicted octanol–water partition coefficient (Wildman–Crippen LogP) is 6.43. The fraction of sp³-hybridized carbons (Fsp3) is 0.892. The molecule has 3 unspecified atom stereocenters. The molecule has 13 atom stereocenters. The second-order valence-electron chi connectivity index (χ2n) is 18.2. The maximum Gasteiger partial charge on any atom is 0.311 e. The maximum absolute atomic E-state index is 14.2. The van der Waals surface area contributed by atoms with E-state index >= 15 is 0 Å². The lowest BCUT2D eigenvalue weighted by Crippen LogP contribution is -2.62. The minimum Gasteiger partial charge on any atom is -0.459 e. The van der Waals surface area contributed by atoms with Crippen LogP contribution in [0.5, 0.6) is 0 Å². The third-order valence-electron chi connectivity index (χ3n) is 10.9. The van der Waals surface area contributed by atoms with Crippen LogP contribution in [0.3, 0.4) is 0 Å². The highest BCUT2D eigenvalue weighted by atomic mass is 28.4. The van der Waals surface area contributed by atoms with Gasteiger partial charge in [-0.2, -0.15) is 0 Å². The Labute approximate surface area is 304 Å². The number of amidine groups is 1. The number of fused-ring (bicyclic) bond motifs is 2. The van der Waals surface area contributed by atoms with Gasteiger partial charge in [0.15, 0.2) is 28.7 Å². The number of carbonyl (C=O) groups excluding carboxylic acids is 1. The number of esters is 1. The van der Waals surface area contributed by atoms with Gasteiger partial charge in [-0.3, -0.25) is 10.2 Å². The standard InChI is InChI=1S/C37H69N3O8Si2/c1-16-28-35(6)21-26(17-18-29(38)39)37(47-35)22(2)20-36(7,48-37)32(24(4)30(45-49(10,11)12)25(5)33(41)43-28)44-34-31(46-50(13,14)15)27(40(8)9)19-23(3)42-34/h21-25,27-28,30-32,34H,16-20H2,1-15H3,(H3,38,39)/t22?,23-,24+,25-,27+,28-,30+,31-,32-,34+,35?,36-,37?/m1/s1. The molecule has 0 aliphatic carbocycles. The molecule has 0 aromatic heterocycles. The summed E-state index contributed by atoms with van der Waals surface area (Å²) < 4.78 is 48.8. The molecule has 4 aliphatic heterocycles. The van der Waals surface area contributed by atoms with Crippen molar-refractivity contribution in [3.8, 4) is 0 Å². The smallest absolute Gasteiger partial charge is 0.311 e. The molecule has 3 N–H and O–H groups in total. The molecule has 0 aromatic carbocycles. The first-order chi connectivity index (χ1) is 22.8. The first-order valence-corrected chi connectivity index (χ1v) is 25.6. The van der Waals surface area contributed by atoms with Gasteiger partial charge < -0.3 is 43.2 Å². The summed E-state index contributed by atoms with van der Waals surface area (Å²) in [6, 6.07) is 0.0773. The zero-order valence-electron chi connectivity index (χ0n) is 33.7. The number of cyclic esters (lactones) is 1. The van der Waals surface area contributed by atoms with E-state index in [9.17, 15) is 4.79 Å². The molecule has 0 aromatic rings. The normalized spacial score (nSPS) is 42.9. The summed E-state index contributed by atoms with van der Waals surface area (Å²) in [5, 5.41) is 8.04. The Hall–Kier alpha value is -1.17. The lowest BCUT2D eigenvalue weighted by atomic mass is 9.78. The molecule has 0 radical (unpaired) electrons. The van der Waals surface area contributed by atoms with Crippen LogP contribution in [0.1, 0.15) is 80.6 Å². The number of nitrogens with two attached hydrogens (primary N) is 1. The molecule has 50 heavy (non-hydrogen) atoms. The quantitative estimate of drug-likeness (QED) is 0.0803. The van der Waals surface area contributed by atoms with Crippen molar-refractivity contribution < 1.29 is 37.3 Å². The number of likely N-dealkylation sites (N-methyl/N-ethyl adjacent to an activating group) is 1. The van der Waals surface area contributed by atoms with Gasteiger partial charge in [0, 0.05) is 24.3 Å². The van der Waals surface area contributed by atoms with E-state index in [-0.39, 0.29) is 41.9 Å². The Balaban J connectivity index is 1.91. The van der Waals surface area contributed by atoms with Crippen LogP contribution in [0, 0.1) is 23.2 Å². The van der Waals surface area contributed by atoms with Gasteiger partial charge in [0.2, 0.25) is 0 Å². The van der Waals surface area contributed by atoms with Crippen LogP contribution in [-0.4, -0.2) is 107 Å². The largest absolute Gasteiger partial charge is 0.459 e. The van der Waals surface area contributed by atoms with E-state index in [1.807, 2.05) is 20.8 Å². The molecular weight excluding hydrogens is 671 g/mol. The number of carbonyl (C=O) groups is 1. The molecule has 11 nitrogen and oxygen atoms in total. The van der Waals surface area contributed by atoms with Gasteiger partial charge in [-0.25, -0.2) is 0 Å². The van der Waals surface area contributed by atoms with E-state index in [4.69, 9.17) is 43.7 Å². The molecule has 4 heterocycles. The molecule has 0 saturated carbocycles. The lowest BCUT2D eigenvalue weighted by Gasteiger charge is -2.50. The van der Waals surface area contributed by atoms with Crippen molar-refractivity contribution in [1.29, 1.82) is 5.41 Å². The number of nitrogens with one attached hydrogen (secondary N) is 1. The molecule has 288 valence electrons. The lowest BCUT2D eigenvalue weighted by molar-refractivity contribution is -0.326. The van der Waals surface area contributed by atoms with Gasteiger partial charge in [-0.1, -0.05) is 20.8 Å². The molecule has 4 aliphatic rings. The van der Waals surface area contributed by atoms with Crippen molar-refractivity contribution in [2.45, 2.75) is 180 Å². The average molecular weight is 740 g/mol. The first-order valence-electron chi connectivity index (χ1n) is 18.8. The predicted molar refractivity (Wildman–Crippen MR) is 201 cm³/mol. The van der Waals surface area contributed by atoms with Crippen molar-refractivity contribution in [2.75, 3.05) is 14.1 Å². The highest BCUT2D eigenvalue weighted by Gasteiger charge is 2.65. The van der Waals surface area contributed by atoms with E-state index in [1.54, 1.807) is 0 Å². The molecule has 3 saturated heterocycles. The van der Waals surface area contributed by atoms with Crippen LogP contribution in [0.25, 0.3) is 0 Å². The minimum absolute atomic E-state index is 0.0631. The fourth-order valence-corrected chi connectivity index (χ4v) is 11.1. The van der Waals surface area contributed by atoms with E-state index in [2.05, 4.69) is 92.0 Å². The Kier molecular flexibility index (Phi) is 12.4. The summed E-state index contributed by atoms with van der Waals surface area (Å²) in [6.07, 6.45) is 2.18. The Morgan fingerprint density at radius 2 is 1.62 bits per heavy atom. The van der Waals surface area contributed by atoms with Crippen LogP contribution in [0.2, 0.25) is 39.3 Å². The molecule has 0 amide bonds. The molecule has 13 heteroatoms. The number of nitrogens with zero attached hydrogens (tertiary/aromatic N) is 1. The van der Waals surface area contributed by atoms with Gasteiger partial charge >= 0.3 is 5.97 Å². The van der Waals surface area contributed by atoms with Gasteiger partial charge in [0.05, 0.1) is 35.7 Å².